The van der Waals surface area contributed by atoms with Crippen LogP contribution in [0.25, 0.3) is 32.9 Å². The minimum absolute atomic E-state index is 0.184. The molecule has 35 heavy (non-hydrogen) atoms. The van der Waals surface area contributed by atoms with Crippen LogP contribution in [0.2, 0.25) is 0 Å². The van der Waals surface area contributed by atoms with E-state index in [1.165, 1.54) is 11.9 Å². The number of rotatable bonds is 3. The summed E-state index contributed by atoms with van der Waals surface area (Å²) in [6.07, 6.45) is 2.17. The van der Waals surface area contributed by atoms with Crippen LogP contribution in [0.15, 0.2) is 101 Å². The van der Waals surface area contributed by atoms with Gasteiger partial charge < -0.3 is 4.98 Å². The molecule has 6 rings (SSSR count). The van der Waals surface area contributed by atoms with E-state index in [9.17, 15) is 9.59 Å². The van der Waals surface area contributed by atoms with Crippen LogP contribution in [-0.2, 0) is 4.79 Å². The number of nitrogens with one attached hydrogen (secondary N) is 1. The number of hydrazone groups is 1. The molecule has 1 atom stereocenters. The molecule has 0 bridgehead atoms. The van der Waals surface area contributed by atoms with E-state index in [0.29, 0.717) is 17.7 Å². The maximum Gasteiger partial charge on any atom is 0.258 e. The third-order valence-corrected chi connectivity index (χ3v) is 6.53. The van der Waals surface area contributed by atoms with Gasteiger partial charge in [-0.15, -0.1) is 0 Å². The van der Waals surface area contributed by atoms with Crippen molar-refractivity contribution in [1.82, 2.24) is 15.0 Å². The van der Waals surface area contributed by atoms with Gasteiger partial charge in [-0.25, -0.2) is 5.01 Å². The number of aromatic amines is 1. The molecule has 0 saturated carbocycles. The first kappa shape index (κ1) is 21.0. The van der Waals surface area contributed by atoms with E-state index in [1.54, 1.807) is 6.20 Å². The maximum absolute atomic E-state index is 13.5. The number of aromatic nitrogens is 2. The number of carbonyl (C=O) groups is 1. The van der Waals surface area contributed by atoms with Crippen LogP contribution >= 0.6 is 0 Å². The number of nitrogens with zero attached hydrogens (tertiary/aromatic N) is 3. The summed E-state index contributed by atoms with van der Waals surface area (Å²) in [5.41, 5.74) is 5.12. The highest BCUT2D eigenvalue weighted by atomic mass is 16.2. The molecule has 5 aromatic rings. The molecule has 3 aromatic carbocycles. The smallest absolute Gasteiger partial charge is 0.258 e. The Morgan fingerprint density at radius 2 is 1.69 bits per heavy atom. The Labute approximate surface area is 201 Å². The molecule has 0 spiro atoms. The lowest BCUT2D eigenvalue weighted by Crippen LogP contribution is -2.24. The molecule has 0 fully saturated rings. The molecular formula is C29H22N4O2. The van der Waals surface area contributed by atoms with Gasteiger partial charge in [0, 0.05) is 47.0 Å². The first-order valence-electron chi connectivity index (χ1n) is 11.5. The largest absolute Gasteiger partial charge is 0.321 e. The third kappa shape index (κ3) is 3.51. The zero-order valence-corrected chi connectivity index (χ0v) is 19.1. The van der Waals surface area contributed by atoms with E-state index in [0.717, 1.165) is 38.5 Å². The third-order valence-electron chi connectivity index (χ3n) is 6.53. The molecule has 0 aliphatic carbocycles. The van der Waals surface area contributed by atoms with E-state index < -0.39 is 0 Å². The van der Waals surface area contributed by atoms with Gasteiger partial charge in [0.2, 0.25) is 5.91 Å². The fraction of sp³-hybridized carbons (Fsp3) is 0.103. The van der Waals surface area contributed by atoms with Crippen molar-refractivity contribution in [1.29, 1.82) is 0 Å². The lowest BCUT2D eigenvalue weighted by atomic mass is 9.90. The minimum atomic E-state index is -0.351. The number of benzene rings is 3. The van der Waals surface area contributed by atoms with Crippen LogP contribution in [0.5, 0.6) is 0 Å². The van der Waals surface area contributed by atoms with Gasteiger partial charge in [-0.1, -0.05) is 72.8 Å². The molecule has 1 amide bonds. The van der Waals surface area contributed by atoms with Gasteiger partial charge in [-0.3, -0.25) is 14.6 Å². The van der Waals surface area contributed by atoms with Gasteiger partial charge in [-0.2, -0.15) is 5.10 Å². The lowest BCUT2D eigenvalue weighted by Gasteiger charge is -2.21. The van der Waals surface area contributed by atoms with E-state index in [-0.39, 0.29) is 17.5 Å². The molecule has 6 heteroatoms. The number of amides is 1. The Morgan fingerprint density at radius 1 is 0.914 bits per heavy atom. The van der Waals surface area contributed by atoms with Crippen molar-refractivity contribution in [2.45, 2.75) is 19.4 Å². The molecule has 3 heterocycles. The minimum Gasteiger partial charge on any atom is -0.321 e. The highest BCUT2D eigenvalue weighted by Crippen LogP contribution is 2.38. The normalized spacial score (nSPS) is 15.5. The monoisotopic (exact) mass is 458 g/mol. The second-order valence-corrected chi connectivity index (χ2v) is 8.67. The second-order valence-electron chi connectivity index (χ2n) is 8.67. The molecule has 2 aromatic heterocycles. The van der Waals surface area contributed by atoms with Gasteiger partial charge in [0.05, 0.1) is 22.8 Å². The lowest BCUT2D eigenvalue weighted by molar-refractivity contribution is -0.130. The summed E-state index contributed by atoms with van der Waals surface area (Å²) in [4.78, 5) is 33.8. The average molecular weight is 459 g/mol. The summed E-state index contributed by atoms with van der Waals surface area (Å²) in [6.45, 7) is 1.50. The van der Waals surface area contributed by atoms with E-state index in [4.69, 9.17) is 5.10 Å². The summed E-state index contributed by atoms with van der Waals surface area (Å²) < 4.78 is 0. The highest BCUT2D eigenvalue weighted by Gasteiger charge is 2.35. The van der Waals surface area contributed by atoms with Crippen molar-refractivity contribution in [3.8, 4) is 11.1 Å². The van der Waals surface area contributed by atoms with Crippen molar-refractivity contribution in [2.75, 3.05) is 0 Å². The van der Waals surface area contributed by atoms with Gasteiger partial charge in [0.25, 0.3) is 5.56 Å². The Bertz CT molecular complexity index is 1680. The molecule has 0 radical (unpaired) electrons. The van der Waals surface area contributed by atoms with E-state index in [2.05, 4.69) is 9.97 Å². The molecule has 0 saturated heterocycles. The van der Waals surface area contributed by atoms with Crippen molar-refractivity contribution >= 4 is 33.4 Å². The van der Waals surface area contributed by atoms with Crippen molar-refractivity contribution in [2.24, 2.45) is 5.10 Å². The zero-order chi connectivity index (χ0) is 23.9. The average Bonchev–Trinajstić information content (AvgIpc) is 3.33. The molecule has 6 nitrogen and oxygen atoms in total. The van der Waals surface area contributed by atoms with Crippen LogP contribution in [0.4, 0.5) is 0 Å². The summed E-state index contributed by atoms with van der Waals surface area (Å²) in [5, 5.41) is 8.14. The molecular weight excluding hydrogens is 436 g/mol. The van der Waals surface area contributed by atoms with Gasteiger partial charge in [0.1, 0.15) is 0 Å². The number of hydrogen-bond acceptors (Lipinski definition) is 4. The highest BCUT2D eigenvalue weighted by molar-refractivity contribution is 6.13. The molecule has 1 aliphatic rings. The Morgan fingerprint density at radius 3 is 2.51 bits per heavy atom. The fourth-order valence-electron chi connectivity index (χ4n) is 5.01. The summed E-state index contributed by atoms with van der Waals surface area (Å²) in [6, 6.07) is 27.1. The van der Waals surface area contributed by atoms with E-state index >= 15 is 0 Å². The van der Waals surface area contributed by atoms with Crippen molar-refractivity contribution in [3.63, 3.8) is 0 Å². The molecule has 1 N–H and O–H groups in total. The summed E-state index contributed by atoms with van der Waals surface area (Å²) >= 11 is 0. The number of carbonyl (C=O) groups excluding carboxylic acids is 1. The molecule has 1 aliphatic heterocycles. The second kappa shape index (κ2) is 8.33. The zero-order valence-electron chi connectivity index (χ0n) is 19.1. The van der Waals surface area contributed by atoms with Gasteiger partial charge in [0.15, 0.2) is 0 Å². The van der Waals surface area contributed by atoms with Crippen LogP contribution in [0.1, 0.15) is 30.5 Å². The SMILES string of the molecule is CC(=O)N1N=C(c2c(-c3ccccc3)c3ccccc3[nH]c2=O)C[C@@H]1c1cccc2cccnc12. The molecule has 0 unspecified atom stereocenters. The Hall–Kier alpha value is -4.58. The van der Waals surface area contributed by atoms with E-state index in [1.807, 2.05) is 84.9 Å². The standard InChI is InChI=1S/C29H22N4O2/c1-18(34)33-25(22-14-7-11-20-12-8-16-30-28(20)22)17-24(32-33)27-26(19-9-3-2-4-10-19)21-13-5-6-15-23(21)31-29(27)35/h2-16,25H,17H2,1H3,(H,31,35)/t25-/m1/s1. The van der Waals surface area contributed by atoms with Crippen LogP contribution < -0.4 is 5.56 Å². The van der Waals surface area contributed by atoms with Crippen LogP contribution in [0.3, 0.4) is 0 Å². The summed E-state index contributed by atoms with van der Waals surface area (Å²) in [7, 11) is 0. The first-order chi connectivity index (χ1) is 17.1. The van der Waals surface area contributed by atoms with Crippen molar-refractivity contribution < 1.29 is 4.79 Å². The predicted octanol–water partition coefficient (Wildman–Crippen LogP) is 5.44. The fourth-order valence-corrected chi connectivity index (χ4v) is 5.01. The quantitative estimate of drug-likeness (QED) is 0.391. The van der Waals surface area contributed by atoms with Gasteiger partial charge in [-0.05, 0) is 17.7 Å². The number of fused-ring (bicyclic) bond motifs is 2. The predicted molar refractivity (Wildman–Crippen MR) is 138 cm³/mol. The van der Waals surface area contributed by atoms with Crippen molar-refractivity contribution in [3.05, 3.63) is 113 Å². The Kier molecular flexibility index (Phi) is 4.99. The Balaban J connectivity index is 1.57. The number of para-hydroxylation sites is 2. The first-order valence-corrected chi connectivity index (χ1v) is 11.5. The summed E-state index contributed by atoms with van der Waals surface area (Å²) in [5.74, 6) is -0.184. The number of pyridine rings is 2. The number of hydrogen-bond donors (Lipinski definition) is 1. The van der Waals surface area contributed by atoms with Gasteiger partial charge >= 0.3 is 0 Å². The molecule has 170 valence electrons. The number of H-pyrrole nitrogens is 1. The maximum atomic E-state index is 13.5. The van der Waals surface area contributed by atoms with Crippen LogP contribution in [-0.4, -0.2) is 26.6 Å². The van der Waals surface area contributed by atoms with Crippen LogP contribution in [0, 0.1) is 0 Å². The topological polar surface area (TPSA) is 78.4 Å².